The van der Waals surface area contributed by atoms with E-state index in [1.165, 1.54) is 16.7 Å². The summed E-state index contributed by atoms with van der Waals surface area (Å²) in [5.41, 5.74) is 6.61. The molecule has 0 amide bonds. The van der Waals surface area contributed by atoms with Crippen molar-refractivity contribution in [1.82, 2.24) is 15.0 Å². The molecule has 4 rings (SSSR count). The number of tetrazole rings is 1. The molecule has 0 aliphatic carbocycles. The minimum absolute atomic E-state index is 0.700. The van der Waals surface area contributed by atoms with Gasteiger partial charge in [0.2, 0.25) is 0 Å². The molecule has 0 radical (unpaired) electrons. The Morgan fingerprint density at radius 3 is 1.73 bits per heavy atom. The first-order valence-corrected chi connectivity index (χ1v) is 8.71. The van der Waals surface area contributed by atoms with Crippen LogP contribution in [0.2, 0.25) is 0 Å². The van der Waals surface area contributed by atoms with Gasteiger partial charge >= 0.3 is 5.82 Å². The molecule has 0 fully saturated rings. The first kappa shape index (κ1) is 16.2. The molecule has 0 spiro atoms. The van der Waals surface area contributed by atoms with Gasteiger partial charge in [-0.05, 0) is 67.1 Å². The average molecular weight is 341 g/mol. The number of rotatable bonds is 3. The van der Waals surface area contributed by atoms with Gasteiger partial charge in [-0.3, -0.25) is 0 Å². The number of hydrogen-bond acceptors (Lipinski definition) is 2. The Labute approximate surface area is 153 Å². The van der Waals surface area contributed by atoms with Crippen molar-refractivity contribution in [2.45, 2.75) is 20.8 Å². The maximum atomic E-state index is 4.78. The normalized spacial score (nSPS) is 10.9. The van der Waals surface area contributed by atoms with E-state index < -0.39 is 0 Å². The summed E-state index contributed by atoms with van der Waals surface area (Å²) in [7, 11) is 0. The highest BCUT2D eigenvalue weighted by molar-refractivity contribution is 5.54. The first-order chi connectivity index (χ1) is 12.6. The fraction of sp³-hybridized carbons (Fsp3) is 0.136. The Morgan fingerprint density at radius 1 is 0.654 bits per heavy atom. The van der Waals surface area contributed by atoms with Gasteiger partial charge in [-0.15, -0.1) is 0 Å². The monoisotopic (exact) mass is 341 g/mol. The third-order valence-corrected chi connectivity index (χ3v) is 4.40. The van der Waals surface area contributed by atoms with E-state index in [0.717, 1.165) is 16.9 Å². The van der Waals surface area contributed by atoms with Gasteiger partial charge in [0.05, 0.1) is 10.7 Å². The number of aromatic nitrogens is 4. The van der Waals surface area contributed by atoms with Crippen LogP contribution < -0.4 is 4.80 Å². The zero-order chi connectivity index (χ0) is 18.1. The maximum absolute atomic E-state index is 4.78. The van der Waals surface area contributed by atoms with Crippen LogP contribution in [0.1, 0.15) is 16.7 Å². The van der Waals surface area contributed by atoms with Crippen LogP contribution in [0.3, 0.4) is 0 Å². The highest BCUT2D eigenvalue weighted by Crippen LogP contribution is 2.16. The van der Waals surface area contributed by atoms with E-state index in [4.69, 9.17) is 10.2 Å². The Kier molecular flexibility index (Phi) is 4.09. The summed E-state index contributed by atoms with van der Waals surface area (Å²) in [5, 5.41) is 9.55. The summed E-state index contributed by atoms with van der Waals surface area (Å²) in [4.78, 5) is 3.69. The molecule has 0 unspecified atom stereocenters. The number of benzene rings is 3. The Hall–Kier alpha value is -3.27. The average Bonchev–Trinajstić information content (AvgIpc) is 3.09. The predicted octanol–water partition coefficient (Wildman–Crippen LogP) is 4.14. The molecule has 128 valence electrons. The van der Waals surface area contributed by atoms with Crippen molar-refractivity contribution in [2.75, 3.05) is 0 Å². The summed E-state index contributed by atoms with van der Waals surface area (Å²) in [6.45, 7) is 6.24. The molecule has 1 aromatic heterocycles. The largest absolute Gasteiger partial charge is 0.340 e. The standard InChI is InChI=1S/C22H21N4/c1-16-4-10-19(11-5-16)22-23-25(20-12-6-17(2)7-13-20)26(24-22)21-14-8-18(3)9-15-21/h4-15H,1-3H3/q+1. The SMILES string of the molecule is Cc1ccc(-c2nn(-c3ccc(C)cc3)[n+](-c3ccc(C)cc3)n2)cc1. The van der Waals surface area contributed by atoms with Crippen molar-refractivity contribution in [1.29, 1.82) is 0 Å². The minimum atomic E-state index is 0.700. The van der Waals surface area contributed by atoms with E-state index in [2.05, 4.69) is 93.6 Å². The van der Waals surface area contributed by atoms with Crippen LogP contribution in [-0.2, 0) is 0 Å². The molecular formula is C22H21N4+. The quantitative estimate of drug-likeness (QED) is 0.525. The molecule has 0 atom stereocenters. The topological polar surface area (TPSA) is 34.6 Å². The molecular weight excluding hydrogens is 320 g/mol. The van der Waals surface area contributed by atoms with Gasteiger partial charge in [0, 0.05) is 4.80 Å². The molecule has 26 heavy (non-hydrogen) atoms. The zero-order valence-corrected chi connectivity index (χ0v) is 15.2. The van der Waals surface area contributed by atoms with Crippen LogP contribution in [-0.4, -0.2) is 15.0 Å². The number of aryl methyl sites for hydroxylation is 3. The van der Waals surface area contributed by atoms with Crippen molar-refractivity contribution >= 4 is 0 Å². The summed E-state index contributed by atoms with van der Waals surface area (Å²) >= 11 is 0. The summed E-state index contributed by atoms with van der Waals surface area (Å²) in [6.07, 6.45) is 0. The lowest BCUT2D eigenvalue weighted by molar-refractivity contribution is -0.734. The Morgan fingerprint density at radius 2 is 1.15 bits per heavy atom. The molecule has 3 aromatic carbocycles. The third kappa shape index (κ3) is 3.14. The molecule has 0 aliphatic rings. The highest BCUT2D eigenvalue weighted by Gasteiger charge is 2.23. The lowest BCUT2D eigenvalue weighted by atomic mass is 10.1. The predicted molar refractivity (Wildman–Crippen MR) is 103 cm³/mol. The van der Waals surface area contributed by atoms with Crippen molar-refractivity contribution in [3.05, 3.63) is 89.5 Å². The van der Waals surface area contributed by atoms with Crippen molar-refractivity contribution in [3.63, 3.8) is 0 Å². The molecule has 0 saturated heterocycles. The van der Waals surface area contributed by atoms with E-state index in [1.54, 1.807) is 0 Å². The lowest BCUT2D eigenvalue weighted by Gasteiger charge is -2.00. The molecule has 0 saturated carbocycles. The summed E-state index contributed by atoms with van der Waals surface area (Å²) in [6, 6.07) is 24.9. The summed E-state index contributed by atoms with van der Waals surface area (Å²) in [5.74, 6) is 0.700. The van der Waals surface area contributed by atoms with Crippen LogP contribution in [0, 0.1) is 20.8 Å². The van der Waals surface area contributed by atoms with Crippen molar-refractivity contribution in [3.8, 4) is 22.8 Å². The molecule has 4 aromatic rings. The fourth-order valence-corrected chi connectivity index (χ4v) is 2.79. The van der Waals surface area contributed by atoms with Crippen LogP contribution in [0.25, 0.3) is 22.8 Å². The fourth-order valence-electron chi connectivity index (χ4n) is 2.79. The number of hydrogen-bond donors (Lipinski definition) is 0. The van der Waals surface area contributed by atoms with Crippen LogP contribution in [0.5, 0.6) is 0 Å². The maximum Gasteiger partial charge on any atom is 0.340 e. The van der Waals surface area contributed by atoms with E-state index in [1.807, 2.05) is 9.59 Å². The Balaban J connectivity index is 1.88. The van der Waals surface area contributed by atoms with E-state index >= 15 is 0 Å². The minimum Gasteiger partial charge on any atom is -0.0585 e. The molecule has 0 bridgehead atoms. The molecule has 0 N–H and O–H groups in total. The van der Waals surface area contributed by atoms with E-state index in [0.29, 0.717) is 5.82 Å². The van der Waals surface area contributed by atoms with Crippen LogP contribution >= 0.6 is 0 Å². The summed E-state index contributed by atoms with van der Waals surface area (Å²) < 4.78 is 0. The van der Waals surface area contributed by atoms with E-state index in [9.17, 15) is 0 Å². The van der Waals surface area contributed by atoms with Gasteiger partial charge in [-0.2, -0.15) is 0 Å². The van der Waals surface area contributed by atoms with Gasteiger partial charge in [-0.1, -0.05) is 53.1 Å². The van der Waals surface area contributed by atoms with Gasteiger partial charge in [0.1, 0.15) is 5.69 Å². The first-order valence-electron chi connectivity index (χ1n) is 8.71. The third-order valence-electron chi connectivity index (χ3n) is 4.40. The van der Waals surface area contributed by atoms with Crippen LogP contribution in [0.4, 0.5) is 0 Å². The van der Waals surface area contributed by atoms with Crippen molar-refractivity contribution in [2.24, 2.45) is 0 Å². The second-order valence-corrected chi connectivity index (χ2v) is 6.64. The second-order valence-electron chi connectivity index (χ2n) is 6.64. The highest BCUT2D eigenvalue weighted by atomic mass is 15.7. The van der Waals surface area contributed by atoms with Crippen LogP contribution in [0.15, 0.2) is 72.8 Å². The van der Waals surface area contributed by atoms with Gasteiger partial charge < -0.3 is 0 Å². The Bertz CT molecular complexity index is 964. The van der Waals surface area contributed by atoms with Gasteiger partial charge in [0.25, 0.3) is 0 Å². The van der Waals surface area contributed by atoms with E-state index in [-0.39, 0.29) is 0 Å². The smallest absolute Gasteiger partial charge is 0.0585 e. The number of nitrogens with zero attached hydrogens (tertiary/aromatic N) is 4. The van der Waals surface area contributed by atoms with Gasteiger partial charge in [-0.25, -0.2) is 0 Å². The molecule has 0 aliphatic heterocycles. The molecule has 4 nitrogen and oxygen atoms in total. The molecule has 4 heteroatoms. The lowest BCUT2D eigenvalue weighted by Crippen LogP contribution is -2.43. The second kappa shape index (κ2) is 6.56. The molecule has 1 heterocycles. The van der Waals surface area contributed by atoms with Gasteiger partial charge in [0.15, 0.2) is 5.69 Å². The zero-order valence-electron chi connectivity index (χ0n) is 15.2. The van der Waals surface area contributed by atoms with Crippen molar-refractivity contribution < 1.29 is 4.80 Å².